The zero-order valence-electron chi connectivity index (χ0n) is 16.5. The molecule has 0 aliphatic heterocycles. The number of benzene rings is 1. The first kappa shape index (κ1) is 20.5. The predicted molar refractivity (Wildman–Crippen MR) is 103 cm³/mol. The van der Waals surface area contributed by atoms with Crippen molar-refractivity contribution < 1.29 is 9.53 Å². The SMILES string of the molecule is C=CC(=O)C(CC)Oc1ccc(C(C)(C)CC)cc1C(C)(C)CC. The van der Waals surface area contributed by atoms with Crippen LogP contribution in [0.15, 0.2) is 30.9 Å². The molecule has 2 nitrogen and oxygen atoms in total. The maximum absolute atomic E-state index is 12.0. The molecule has 1 rings (SSSR count). The summed E-state index contributed by atoms with van der Waals surface area (Å²) < 4.78 is 6.12. The van der Waals surface area contributed by atoms with Crippen LogP contribution in [0.5, 0.6) is 5.75 Å². The summed E-state index contributed by atoms with van der Waals surface area (Å²) in [5, 5.41) is 0. The minimum atomic E-state index is -0.459. The lowest BCUT2D eigenvalue weighted by molar-refractivity contribution is -0.121. The molecule has 1 aromatic rings. The zero-order valence-corrected chi connectivity index (χ0v) is 16.5. The minimum Gasteiger partial charge on any atom is -0.482 e. The summed E-state index contributed by atoms with van der Waals surface area (Å²) in [5.74, 6) is 0.760. The molecule has 0 aliphatic rings. The van der Waals surface area contributed by atoms with Gasteiger partial charge in [-0.1, -0.05) is 67.2 Å². The molecule has 0 saturated carbocycles. The third-order valence-corrected chi connectivity index (χ3v) is 5.42. The number of hydrogen-bond acceptors (Lipinski definition) is 2. The van der Waals surface area contributed by atoms with Gasteiger partial charge in [-0.3, -0.25) is 4.79 Å². The van der Waals surface area contributed by atoms with E-state index in [0.29, 0.717) is 6.42 Å². The van der Waals surface area contributed by atoms with Crippen molar-refractivity contribution in [1.82, 2.24) is 0 Å². The van der Waals surface area contributed by atoms with Crippen molar-refractivity contribution in [3.05, 3.63) is 42.0 Å². The minimum absolute atomic E-state index is 0.00924. The highest BCUT2D eigenvalue weighted by atomic mass is 16.5. The van der Waals surface area contributed by atoms with E-state index in [1.54, 1.807) is 0 Å². The van der Waals surface area contributed by atoms with Crippen LogP contribution in [-0.2, 0) is 15.6 Å². The van der Waals surface area contributed by atoms with Crippen molar-refractivity contribution in [3.63, 3.8) is 0 Å². The van der Waals surface area contributed by atoms with Gasteiger partial charge in [0.05, 0.1) is 0 Å². The second kappa shape index (κ2) is 8.00. The predicted octanol–water partition coefficient (Wildman–Crippen LogP) is 5.97. The van der Waals surface area contributed by atoms with Crippen LogP contribution < -0.4 is 4.74 Å². The first-order valence-corrected chi connectivity index (χ1v) is 9.10. The van der Waals surface area contributed by atoms with Crippen LogP contribution in [-0.4, -0.2) is 11.9 Å². The van der Waals surface area contributed by atoms with Gasteiger partial charge in [0, 0.05) is 5.56 Å². The van der Waals surface area contributed by atoms with Crippen molar-refractivity contribution >= 4 is 5.78 Å². The summed E-state index contributed by atoms with van der Waals surface area (Å²) in [4.78, 5) is 12.0. The summed E-state index contributed by atoms with van der Waals surface area (Å²) in [6.45, 7) is 18.9. The Morgan fingerprint density at radius 1 is 1.12 bits per heavy atom. The van der Waals surface area contributed by atoms with E-state index in [1.807, 2.05) is 13.0 Å². The Balaban J connectivity index is 3.39. The molecule has 0 amide bonds. The second-order valence-corrected chi connectivity index (χ2v) is 7.81. The van der Waals surface area contributed by atoms with Crippen LogP contribution in [0, 0.1) is 0 Å². The van der Waals surface area contributed by atoms with Gasteiger partial charge in [-0.2, -0.15) is 0 Å². The molecule has 134 valence electrons. The average molecular weight is 331 g/mol. The van der Waals surface area contributed by atoms with Crippen LogP contribution in [0.4, 0.5) is 0 Å². The van der Waals surface area contributed by atoms with Crippen LogP contribution in [0.2, 0.25) is 0 Å². The van der Waals surface area contributed by atoms with E-state index >= 15 is 0 Å². The quantitative estimate of drug-likeness (QED) is 0.521. The smallest absolute Gasteiger partial charge is 0.195 e. The van der Waals surface area contributed by atoms with E-state index in [9.17, 15) is 4.79 Å². The molecule has 0 bridgehead atoms. The van der Waals surface area contributed by atoms with E-state index in [1.165, 1.54) is 17.2 Å². The number of carbonyl (C=O) groups is 1. The van der Waals surface area contributed by atoms with Gasteiger partial charge in [0.2, 0.25) is 0 Å². The fourth-order valence-corrected chi connectivity index (χ4v) is 2.60. The lowest BCUT2D eigenvalue weighted by Crippen LogP contribution is -2.27. The Hall–Kier alpha value is -1.57. The van der Waals surface area contributed by atoms with E-state index in [-0.39, 0.29) is 16.6 Å². The van der Waals surface area contributed by atoms with E-state index < -0.39 is 6.10 Å². The van der Waals surface area contributed by atoms with Gasteiger partial charge in [0.25, 0.3) is 0 Å². The van der Waals surface area contributed by atoms with Gasteiger partial charge in [-0.05, 0) is 47.8 Å². The van der Waals surface area contributed by atoms with Crippen molar-refractivity contribution in [2.75, 3.05) is 0 Å². The molecule has 0 aliphatic carbocycles. The van der Waals surface area contributed by atoms with Gasteiger partial charge < -0.3 is 4.74 Å². The molecule has 0 fully saturated rings. The molecule has 0 N–H and O–H groups in total. The van der Waals surface area contributed by atoms with Gasteiger partial charge in [0.1, 0.15) is 5.75 Å². The summed E-state index contributed by atoms with van der Waals surface area (Å²) in [7, 11) is 0. The number of hydrogen-bond donors (Lipinski definition) is 0. The van der Waals surface area contributed by atoms with E-state index in [2.05, 4.69) is 60.3 Å². The molecule has 0 aromatic heterocycles. The average Bonchev–Trinajstić information content (AvgIpc) is 2.58. The van der Waals surface area contributed by atoms with E-state index in [0.717, 1.165) is 18.6 Å². The largest absolute Gasteiger partial charge is 0.482 e. The molecule has 0 spiro atoms. The Morgan fingerprint density at radius 3 is 2.17 bits per heavy atom. The number of rotatable bonds is 9. The third kappa shape index (κ3) is 4.49. The molecule has 1 aromatic carbocycles. The highest BCUT2D eigenvalue weighted by Gasteiger charge is 2.28. The maximum Gasteiger partial charge on any atom is 0.195 e. The van der Waals surface area contributed by atoms with Crippen LogP contribution in [0.25, 0.3) is 0 Å². The monoisotopic (exact) mass is 330 g/mol. The first-order valence-electron chi connectivity index (χ1n) is 9.10. The first-order chi connectivity index (χ1) is 11.1. The summed E-state index contributed by atoms with van der Waals surface area (Å²) in [6.07, 6.45) is 3.61. The Labute approximate surface area is 148 Å². The molecule has 0 saturated heterocycles. The molecule has 24 heavy (non-hydrogen) atoms. The van der Waals surface area contributed by atoms with Crippen molar-refractivity contribution in [2.45, 2.75) is 84.7 Å². The Kier molecular flexibility index (Phi) is 6.83. The molecule has 2 heteroatoms. The van der Waals surface area contributed by atoms with Crippen molar-refractivity contribution in [2.24, 2.45) is 0 Å². The van der Waals surface area contributed by atoms with Crippen molar-refractivity contribution in [3.8, 4) is 5.75 Å². The van der Waals surface area contributed by atoms with Crippen LogP contribution in [0.1, 0.15) is 78.9 Å². The van der Waals surface area contributed by atoms with Crippen molar-refractivity contribution in [1.29, 1.82) is 0 Å². The molecular formula is C22H34O2. The Morgan fingerprint density at radius 2 is 1.71 bits per heavy atom. The summed E-state index contributed by atoms with van der Waals surface area (Å²) >= 11 is 0. The fourth-order valence-electron chi connectivity index (χ4n) is 2.60. The van der Waals surface area contributed by atoms with Crippen LogP contribution in [0.3, 0.4) is 0 Å². The molecular weight excluding hydrogens is 296 g/mol. The molecule has 0 heterocycles. The highest BCUT2D eigenvalue weighted by molar-refractivity contribution is 5.93. The molecule has 1 atom stereocenters. The number of ether oxygens (including phenoxy) is 1. The standard InChI is InChI=1S/C22H34O2/c1-9-18(23)19(10-2)24-20-14-13-16(21(5,6)11-3)15-17(20)22(7,8)12-4/h9,13-15,19H,1,10-12H2,2-8H3. The second-order valence-electron chi connectivity index (χ2n) is 7.81. The Bertz CT molecular complexity index is 582. The lowest BCUT2D eigenvalue weighted by Gasteiger charge is -2.31. The zero-order chi connectivity index (χ0) is 18.5. The molecule has 1 unspecified atom stereocenters. The van der Waals surface area contributed by atoms with Gasteiger partial charge in [-0.25, -0.2) is 0 Å². The van der Waals surface area contributed by atoms with Gasteiger partial charge in [-0.15, -0.1) is 0 Å². The maximum atomic E-state index is 12.0. The normalized spacial score (nSPS) is 13.5. The number of ketones is 1. The van der Waals surface area contributed by atoms with E-state index in [4.69, 9.17) is 4.74 Å². The van der Waals surface area contributed by atoms with Crippen LogP contribution >= 0.6 is 0 Å². The third-order valence-electron chi connectivity index (χ3n) is 5.42. The fraction of sp³-hybridized carbons (Fsp3) is 0.591. The lowest BCUT2D eigenvalue weighted by atomic mass is 9.76. The molecule has 0 radical (unpaired) electrons. The number of carbonyl (C=O) groups excluding carboxylic acids is 1. The summed E-state index contributed by atoms with van der Waals surface area (Å²) in [6, 6.07) is 6.45. The van der Waals surface area contributed by atoms with Gasteiger partial charge >= 0.3 is 0 Å². The van der Waals surface area contributed by atoms with Gasteiger partial charge in [0.15, 0.2) is 11.9 Å². The topological polar surface area (TPSA) is 26.3 Å². The summed E-state index contributed by atoms with van der Waals surface area (Å²) in [5.41, 5.74) is 2.61. The highest BCUT2D eigenvalue weighted by Crippen LogP contribution is 2.39.